The van der Waals surface area contributed by atoms with E-state index in [1.807, 2.05) is 12.1 Å². The summed E-state index contributed by atoms with van der Waals surface area (Å²) in [5.74, 6) is 0.896. The van der Waals surface area contributed by atoms with Crippen LogP contribution in [0, 0.1) is 0 Å². The molecule has 0 aliphatic carbocycles. The number of para-hydroxylation sites is 1. The Morgan fingerprint density at radius 3 is 2.83 bits per heavy atom. The summed E-state index contributed by atoms with van der Waals surface area (Å²) < 4.78 is 6.45. The second-order valence-corrected chi connectivity index (χ2v) is 5.21. The molecule has 3 heteroatoms. The molecule has 1 aliphatic rings. The van der Waals surface area contributed by atoms with Crippen LogP contribution in [0.1, 0.15) is 5.56 Å². The molecule has 3 rings (SSSR count). The summed E-state index contributed by atoms with van der Waals surface area (Å²) in [5.41, 5.74) is 3.86. The van der Waals surface area contributed by atoms with Gasteiger partial charge in [0.15, 0.2) is 0 Å². The molecule has 2 aromatic rings. The van der Waals surface area contributed by atoms with Crippen LogP contribution in [0.5, 0.6) is 5.75 Å². The molecule has 0 spiro atoms. The van der Waals surface area contributed by atoms with Gasteiger partial charge in [0.05, 0.1) is 12.8 Å². The van der Waals surface area contributed by atoms with Gasteiger partial charge < -0.3 is 9.64 Å². The molecule has 0 unspecified atom stereocenters. The molecule has 92 valence electrons. The van der Waals surface area contributed by atoms with E-state index in [1.165, 1.54) is 16.9 Å². The molecule has 1 heterocycles. The highest BCUT2D eigenvalue weighted by Gasteiger charge is 2.22. The van der Waals surface area contributed by atoms with E-state index in [9.17, 15) is 0 Å². The fourth-order valence-corrected chi connectivity index (χ4v) is 3.07. The second kappa shape index (κ2) is 4.65. The van der Waals surface area contributed by atoms with Crippen LogP contribution in [-0.4, -0.2) is 13.7 Å². The standard InChI is InChI=1S/C15H14BrNO/c1-18-13-6-3-5-12(10-13)17-9-8-11-4-2-7-14(16)15(11)17/h2-7,10H,8-9H2,1H3. The lowest BCUT2D eigenvalue weighted by Crippen LogP contribution is -2.13. The first-order valence-corrected chi connectivity index (χ1v) is 6.78. The second-order valence-electron chi connectivity index (χ2n) is 4.35. The van der Waals surface area contributed by atoms with Gasteiger partial charge in [-0.15, -0.1) is 0 Å². The van der Waals surface area contributed by atoms with Crippen molar-refractivity contribution < 1.29 is 4.74 Å². The summed E-state index contributed by atoms with van der Waals surface area (Å²) in [5, 5.41) is 0. The highest BCUT2D eigenvalue weighted by Crippen LogP contribution is 2.40. The first kappa shape index (κ1) is 11.6. The quantitative estimate of drug-likeness (QED) is 0.826. The maximum atomic E-state index is 5.29. The van der Waals surface area contributed by atoms with Crippen LogP contribution in [0.25, 0.3) is 0 Å². The third-order valence-corrected chi connectivity index (χ3v) is 3.95. The Kier molecular flexibility index (Phi) is 3.00. The maximum Gasteiger partial charge on any atom is 0.120 e. The van der Waals surface area contributed by atoms with Crippen LogP contribution in [0.4, 0.5) is 11.4 Å². The fourth-order valence-electron chi connectivity index (χ4n) is 2.44. The number of nitrogens with zero attached hydrogens (tertiary/aromatic N) is 1. The average molecular weight is 304 g/mol. The van der Waals surface area contributed by atoms with Crippen LogP contribution in [0.15, 0.2) is 46.9 Å². The number of methoxy groups -OCH3 is 1. The molecule has 0 fully saturated rings. The van der Waals surface area contributed by atoms with Crippen molar-refractivity contribution in [3.8, 4) is 5.75 Å². The van der Waals surface area contributed by atoms with Crippen molar-refractivity contribution in [1.82, 2.24) is 0 Å². The first-order valence-electron chi connectivity index (χ1n) is 5.98. The summed E-state index contributed by atoms with van der Waals surface area (Å²) in [6.45, 7) is 1.02. The minimum absolute atomic E-state index is 0.896. The van der Waals surface area contributed by atoms with Crippen LogP contribution in [0.3, 0.4) is 0 Å². The number of anilines is 2. The smallest absolute Gasteiger partial charge is 0.120 e. The zero-order valence-corrected chi connectivity index (χ0v) is 11.8. The van der Waals surface area contributed by atoms with Gasteiger partial charge in [0, 0.05) is 22.8 Å². The highest BCUT2D eigenvalue weighted by atomic mass is 79.9. The lowest BCUT2D eigenvalue weighted by Gasteiger charge is -2.21. The monoisotopic (exact) mass is 303 g/mol. The van der Waals surface area contributed by atoms with Crippen LogP contribution >= 0.6 is 15.9 Å². The van der Waals surface area contributed by atoms with E-state index in [0.717, 1.165) is 23.2 Å². The predicted octanol–water partition coefficient (Wildman–Crippen LogP) is 4.15. The minimum Gasteiger partial charge on any atom is -0.497 e. The molecule has 0 saturated carbocycles. The zero-order valence-electron chi connectivity index (χ0n) is 10.2. The molecule has 0 saturated heterocycles. The predicted molar refractivity (Wildman–Crippen MR) is 77.8 cm³/mol. The third-order valence-electron chi connectivity index (χ3n) is 3.31. The van der Waals surface area contributed by atoms with Crippen molar-refractivity contribution >= 4 is 27.3 Å². The molecule has 0 N–H and O–H groups in total. The topological polar surface area (TPSA) is 12.5 Å². The van der Waals surface area contributed by atoms with E-state index in [2.05, 4.69) is 51.2 Å². The van der Waals surface area contributed by atoms with E-state index in [0.29, 0.717) is 0 Å². The molecular weight excluding hydrogens is 290 g/mol. The van der Waals surface area contributed by atoms with Gasteiger partial charge in [0.25, 0.3) is 0 Å². The number of benzene rings is 2. The summed E-state index contributed by atoms with van der Waals surface area (Å²) in [4.78, 5) is 2.34. The SMILES string of the molecule is COc1cccc(N2CCc3cccc(Br)c32)c1. The van der Waals surface area contributed by atoms with Gasteiger partial charge in [-0.1, -0.05) is 18.2 Å². The molecule has 2 aromatic carbocycles. The van der Waals surface area contributed by atoms with Crippen molar-refractivity contribution in [3.63, 3.8) is 0 Å². The minimum atomic E-state index is 0.896. The normalized spacial score (nSPS) is 13.6. The Balaban J connectivity index is 2.05. The van der Waals surface area contributed by atoms with E-state index < -0.39 is 0 Å². The van der Waals surface area contributed by atoms with Crippen molar-refractivity contribution in [3.05, 3.63) is 52.5 Å². The van der Waals surface area contributed by atoms with Gasteiger partial charge in [0.2, 0.25) is 0 Å². The lowest BCUT2D eigenvalue weighted by molar-refractivity contribution is 0.415. The van der Waals surface area contributed by atoms with E-state index in [1.54, 1.807) is 7.11 Å². The molecular formula is C15H14BrNO. The summed E-state index contributed by atoms with van der Waals surface area (Å²) in [6.07, 6.45) is 1.09. The molecule has 0 aromatic heterocycles. The number of hydrogen-bond acceptors (Lipinski definition) is 2. The Morgan fingerprint density at radius 1 is 1.17 bits per heavy atom. The Hall–Kier alpha value is -1.48. The molecule has 0 atom stereocenters. The number of halogens is 1. The van der Waals surface area contributed by atoms with Gasteiger partial charge in [-0.05, 0) is 46.1 Å². The van der Waals surface area contributed by atoms with Gasteiger partial charge in [-0.25, -0.2) is 0 Å². The molecule has 18 heavy (non-hydrogen) atoms. The van der Waals surface area contributed by atoms with Crippen molar-refractivity contribution in [2.24, 2.45) is 0 Å². The number of rotatable bonds is 2. The van der Waals surface area contributed by atoms with Gasteiger partial charge in [-0.2, -0.15) is 0 Å². The van der Waals surface area contributed by atoms with E-state index in [4.69, 9.17) is 4.74 Å². The fraction of sp³-hybridized carbons (Fsp3) is 0.200. The third kappa shape index (κ3) is 1.89. The average Bonchev–Trinajstić information content (AvgIpc) is 2.84. The Labute approximate surface area is 115 Å². The van der Waals surface area contributed by atoms with Gasteiger partial charge in [0.1, 0.15) is 5.75 Å². The number of ether oxygens (including phenoxy) is 1. The van der Waals surface area contributed by atoms with E-state index in [-0.39, 0.29) is 0 Å². The van der Waals surface area contributed by atoms with Crippen molar-refractivity contribution in [2.75, 3.05) is 18.6 Å². The van der Waals surface area contributed by atoms with Crippen molar-refractivity contribution in [2.45, 2.75) is 6.42 Å². The largest absolute Gasteiger partial charge is 0.497 e. The first-order chi connectivity index (χ1) is 8.79. The summed E-state index contributed by atoms with van der Waals surface area (Å²) in [7, 11) is 1.70. The summed E-state index contributed by atoms with van der Waals surface area (Å²) >= 11 is 3.65. The zero-order chi connectivity index (χ0) is 12.5. The highest BCUT2D eigenvalue weighted by molar-refractivity contribution is 9.10. The number of hydrogen-bond donors (Lipinski definition) is 0. The van der Waals surface area contributed by atoms with Crippen LogP contribution in [0.2, 0.25) is 0 Å². The van der Waals surface area contributed by atoms with Gasteiger partial charge >= 0.3 is 0 Å². The molecule has 1 aliphatic heterocycles. The Morgan fingerprint density at radius 2 is 2.00 bits per heavy atom. The van der Waals surface area contributed by atoms with Crippen LogP contribution in [-0.2, 0) is 6.42 Å². The van der Waals surface area contributed by atoms with Crippen molar-refractivity contribution in [1.29, 1.82) is 0 Å². The maximum absolute atomic E-state index is 5.29. The molecule has 0 amide bonds. The Bertz CT molecular complexity index is 582. The molecule has 0 bridgehead atoms. The lowest BCUT2D eigenvalue weighted by atomic mass is 10.2. The molecule has 0 radical (unpaired) electrons. The molecule has 2 nitrogen and oxygen atoms in total. The van der Waals surface area contributed by atoms with Crippen LogP contribution < -0.4 is 9.64 Å². The van der Waals surface area contributed by atoms with E-state index >= 15 is 0 Å². The van der Waals surface area contributed by atoms with Gasteiger partial charge in [-0.3, -0.25) is 0 Å². The summed E-state index contributed by atoms with van der Waals surface area (Å²) in [6, 6.07) is 14.6. The number of fused-ring (bicyclic) bond motifs is 1.